The van der Waals surface area contributed by atoms with E-state index in [9.17, 15) is 19.8 Å². The summed E-state index contributed by atoms with van der Waals surface area (Å²) in [6.45, 7) is 14.3. The number of halogens is 2. The molecule has 0 radical (unpaired) electrons. The lowest BCUT2D eigenvalue weighted by atomic mass is 9.93. The molecule has 2 N–H and O–H groups in total. The molecule has 0 fully saturated rings. The Morgan fingerprint density at radius 2 is 0.840 bits per heavy atom. The van der Waals surface area contributed by atoms with Gasteiger partial charge in [-0.05, 0) is 113 Å². The van der Waals surface area contributed by atoms with E-state index in [-0.39, 0.29) is 34.2 Å². The number of carbonyl (C=O) groups excluding carboxylic acids is 2. The minimum Gasteiger partial charge on any atom is -0.506 e. The lowest BCUT2D eigenvalue weighted by Crippen LogP contribution is -2.12. The van der Waals surface area contributed by atoms with Gasteiger partial charge >= 0.3 is 0 Å². The highest BCUT2D eigenvalue weighted by atomic mass is 35.5. The Labute approximate surface area is 304 Å². The highest BCUT2D eigenvalue weighted by Gasteiger charge is 2.26. The minimum atomic E-state index is -0.773. The van der Waals surface area contributed by atoms with Gasteiger partial charge in [-0.15, -0.1) is 0 Å². The summed E-state index contributed by atoms with van der Waals surface area (Å²) in [6, 6.07) is 20.4. The van der Waals surface area contributed by atoms with E-state index < -0.39 is 12.1 Å². The average Bonchev–Trinajstić information content (AvgIpc) is 3.01. The zero-order valence-electron chi connectivity index (χ0n) is 29.6. The van der Waals surface area contributed by atoms with Crippen molar-refractivity contribution in [2.75, 3.05) is 0 Å². The van der Waals surface area contributed by atoms with Crippen molar-refractivity contribution in [3.63, 3.8) is 0 Å². The number of aliphatic hydroxyl groups excluding tert-OH is 2. The van der Waals surface area contributed by atoms with Crippen LogP contribution in [0, 0.1) is 41.5 Å². The molecule has 4 aromatic rings. The number of aryl methyl sites for hydroxylation is 6. The predicted octanol–water partition coefficient (Wildman–Crippen LogP) is 10.9. The summed E-state index contributed by atoms with van der Waals surface area (Å²) < 4.78 is 0. The summed E-state index contributed by atoms with van der Waals surface area (Å²) in [4.78, 5) is 35.9. The molecule has 0 aliphatic rings. The monoisotopic (exact) mass is 708 g/mol. The average molecular weight is 710 g/mol. The maximum absolute atomic E-state index is 13.1. The summed E-state index contributed by atoms with van der Waals surface area (Å²) in [5.74, 6) is -1.09. The van der Waals surface area contributed by atoms with Crippen LogP contribution < -0.4 is 0 Å². The second-order valence-corrected chi connectivity index (χ2v) is 13.6. The van der Waals surface area contributed by atoms with Gasteiger partial charge < -0.3 is 10.2 Å². The molecule has 0 aliphatic carbocycles. The fourth-order valence-corrected chi connectivity index (χ4v) is 6.60. The molecule has 4 aromatic carbocycles. The first-order valence-corrected chi connectivity index (χ1v) is 17.0. The van der Waals surface area contributed by atoms with Crippen LogP contribution in [0.1, 0.15) is 81.6 Å². The zero-order valence-corrected chi connectivity index (χ0v) is 31.1. The first-order valence-electron chi connectivity index (χ1n) is 16.2. The van der Waals surface area contributed by atoms with Crippen LogP contribution in [-0.4, -0.2) is 34.2 Å². The molecular weight excluding hydrogens is 667 g/mol. The fraction of sp³-hybridized carbons (Fsp3) is 0.238. The van der Waals surface area contributed by atoms with Crippen LogP contribution in [0.2, 0.25) is 10.0 Å². The van der Waals surface area contributed by atoms with Crippen molar-refractivity contribution >= 4 is 58.7 Å². The van der Waals surface area contributed by atoms with Gasteiger partial charge in [-0.1, -0.05) is 82.9 Å². The molecule has 0 aliphatic heterocycles. The van der Waals surface area contributed by atoms with Crippen molar-refractivity contribution in [3.05, 3.63) is 150 Å². The molecule has 0 bridgehead atoms. The number of nitrogens with zero attached hydrogens (tertiary/aromatic N) is 2. The second kappa shape index (κ2) is 16.3. The quantitative estimate of drug-likeness (QED) is 0.0920. The Hall–Kier alpha value is -4.78. The van der Waals surface area contributed by atoms with Gasteiger partial charge in [0.15, 0.2) is 11.6 Å². The van der Waals surface area contributed by atoms with Gasteiger partial charge in [-0.2, -0.15) is 0 Å². The van der Waals surface area contributed by atoms with Gasteiger partial charge in [-0.25, -0.2) is 0 Å². The van der Waals surface area contributed by atoms with Gasteiger partial charge in [0.25, 0.3) is 0 Å². The number of hydrogen-bond acceptors (Lipinski definition) is 6. The molecule has 258 valence electrons. The minimum absolute atomic E-state index is 0.0325. The van der Waals surface area contributed by atoms with E-state index in [1.165, 1.54) is 26.3 Å². The van der Waals surface area contributed by atoms with E-state index in [1.807, 2.05) is 90.1 Å². The highest BCUT2D eigenvalue weighted by Crippen LogP contribution is 2.37. The van der Waals surface area contributed by atoms with Crippen molar-refractivity contribution in [1.29, 1.82) is 0 Å². The molecule has 2 atom stereocenters. The zero-order chi connectivity index (χ0) is 36.9. The molecule has 6 nitrogen and oxygen atoms in total. The van der Waals surface area contributed by atoms with Crippen LogP contribution in [0.5, 0.6) is 0 Å². The van der Waals surface area contributed by atoms with Crippen LogP contribution in [0.3, 0.4) is 0 Å². The first kappa shape index (κ1) is 38.0. The summed E-state index contributed by atoms with van der Waals surface area (Å²) in [7, 11) is 0. The lowest BCUT2D eigenvalue weighted by molar-refractivity contribution is -0.114. The van der Waals surface area contributed by atoms with Crippen LogP contribution in [-0.2, 0) is 9.59 Å². The maximum atomic E-state index is 13.1. The molecule has 4 rings (SSSR count). The number of allylic oxidation sites excluding steroid dienone is 2. The number of hydrogen-bond donors (Lipinski definition) is 2. The van der Waals surface area contributed by atoms with E-state index in [0.717, 1.165) is 33.4 Å². The van der Waals surface area contributed by atoms with E-state index in [4.69, 9.17) is 33.2 Å². The number of rotatable bonds is 11. The van der Waals surface area contributed by atoms with Gasteiger partial charge in [0.05, 0.1) is 11.1 Å². The Kier molecular flexibility index (Phi) is 12.4. The molecule has 0 spiro atoms. The Morgan fingerprint density at radius 3 is 1.10 bits per heavy atom. The van der Waals surface area contributed by atoms with Crippen molar-refractivity contribution < 1.29 is 19.8 Å². The smallest absolute Gasteiger partial charge is 0.165 e. The SMILES string of the molecule is CC(=O)C(C=N[C@@H](c1ccc(Cl)cc1)[C@@H](N=CC(C(C)=O)=C(O)c1c(C)cc(C)cc1C)c1ccc(Cl)cc1)=C(O)c1c(C)cc(C)cc1C. The Bertz CT molecular complexity index is 1860. The largest absolute Gasteiger partial charge is 0.506 e. The van der Waals surface area contributed by atoms with Crippen LogP contribution in [0.4, 0.5) is 0 Å². The number of aliphatic imine (C=N–C) groups is 2. The van der Waals surface area contributed by atoms with Gasteiger partial charge in [0, 0.05) is 33.6 Å². The molecule has 8 heteroatoms. The number of aliphatic hydroxyl groups is 2. The highest BCUT2D eigenvalue weighted by molar-refractivity contribution is 6.30. The molecule has 0 saturated heterocycles. The summed E-state index contributed by atoms with van der Waals surface area (Å²) in [5.41, 5.74) is 7.99. The molecular formula is C42H42Cl2N2O4. The van der Waals surface area contributed by atoms with Crippen LogP contribution in [0.25, 0.3) is 11.5 Å². The molecule has 50 heavy (non-hydrogen) atoms. The van der Waals surface area contributed by atoms with Gasteiger partial charge in [0.2, 0.25) is 0 Å². The number of benzene rings is 4. The van der Waals surface area contributed by atoms with E-state index in [0.29, 0.717) is 32.3 Å². The molecule has 0 amide bonds. The maximum Gasteiger partial charge on any atom is 0.165 e. The normalized spacial score (nSPS) is 14.0. The van der Waals surface area contributed by atoms with Crippen LogP contribution >= 0.6 is 23.2 Å². The van der Waals surface area contributed by atoms with E-state index in [1.54, 1.807) is 24.3 Å². The lowest BCUT2D eigenvalue weighted by Gasteiger charge is -2.23. The van der Waals surface area contributed by atoms with E-state index in [2.05, 4.69) is 0 Å². The third-order valence-corrected chi connectivity index (χ3v) is 9.05. The Balaban J connectivity index is 1.97. The van der Waals surface area contributed by atoms with Crippen LogP contribution in [0.15, 0.2) is 93.9 Å². The summed E-state index contributed by atoms with van der Waals surface area (Å²) >= 11 is 12.6. The van der Waals surface area contributed by atoms with Crippen molar-refractivity contribution in [3.8, 4) is 0 Å². The number of Topliss-reactive ketones (excluding diaryl/α,β-unsaturated/α-hetero) is 2. The molecule has 0 heterocycles. The van der Waals surface area contributed by atoms with Crippen molar-refractivity contribution in [2.45, 2.75) is 67.5 Å². The Morgan fingerprint density at radius 1 is 0.560 bits per heavy atom. The van der Waals surface area contributed by atoms with Crippen molar-refractivity contribution in [1.82, 2.24) is 0 Å². The third kappa shape index (κ3) is 8.87. The summed E-state index contributed by atoms with van der Waals surface area (Å²) in [5, 5.41) is 24.1. The summed E-state index contributed by atoms with van der Waals surface area (Å²) in [6.07, 6.45) is 2.76. The van der Waals surface area contributed by atoms with Crippen molar-refractivity contribution in [2.24, 2.45) is 9.98 Å². The van der Waals surface area contributed by atoms with Gasteiger partial charge in [-0.3, -0.25) is 19.6 Å². The molecule has 0 unspecified atom stereocenters. The first-order chi connectivity index (χ1) is 23.6. The standard InChI is InChI=1S/C42H42Cl2N2O4/c1-23-17-25(3)37(26(4)18-23)41(49)35(29(7)47)21-45-39(31-9-13-33(43)14-10-31)40(32-11-15-34(44)16-12-32)46-22-36(30(8)48)42(50)38-27(5)19-24(2)20-28(38)6/h9-22,39-40,49-50H,1-8H3/t39-,40-/m0/s1. The number of ketones is 2. The topological polar surface area (TPSA) is 99.3 Å². The second-order valence-electron chi connectivity index (χ2n) is 12.7. The molecule has 0 saturated carbocycles. The third-order valence-electron chi connectivity index (χ3n) is 8.55. The van der Waals surface area contributed by atoms with E-state index >= 15 is 0 Å². The number of carbonyl (C=O) groups is 2. The molecule has 0 aromatic heterocycles. The van der Waals surface area contributed by atoms with Gasteiger partial charge in [0.1, 0.15) is 23.6 Å². The predicted molar refractivity (Wildman–Crippen MR) is 207 cm³/mol. The fourth-order valence-electron chi connectivity index (χ4n) is 6.34.